The Morgan fingerprint density at radius 3 is 2.92 bits per heavy atom. The highest BCUT2D eigenvalue weighted by Crippen LogP contribution is 2.18. The average molecular weight is 177 g/mol. The molecule has 0 aliphatic rings. The highest BCUT2D eigenvalue weighted by molar-refractivity contribution is 5.33. The summed E-state index contributed by atoms with van der Waals surface area (Å²) in [6, 6.07) is 7.54. The lowest BCUT2D eigenvalue weighted by Gasteiger charge is -2.06. The minimum atomic E-state index is 0.340. The molecule has 1 rings (SSSR count). The number of rotatable bonds is 4. The fraction of sp³-hybridized carbons (Fsp3) is 0.333. The van der Waals surface area contributed by atoms with Gasteiger partial charge in [-0.05, 0) is 24.1 Å². The van der Waals surface area contributed by atoms with Crippen molar-refractivity contribution in [3.63, 3.8) is 0 Å². The molecular formula is C9H11N3O. The number of para-hydroxylation sites is 1. The Hall–Kier alpha value is -1.67. The summed E-state index contributed by atoms with van der Waals surface area (Å²) in [6.45, 7) is 2.88. The molecule has 1 aromatic rings. The van der Waals surface area contributed by atoms with Gasteiger partial charge in [-0.3, -0.25) is 0 Å². The Morgan fingerprint density at radius 1 is 1.46 bits per heavy atom. The first-order chi connectivity index (χ1) is 6.38. The number of benzene rings is 1. The maximum Gasteiger partial charge on any atom is 0.122 e. The van der Waals surface area contributed by atoms with E-state index in [0.29, 0.717) is 13.2 Å². The van der Waals surface area contributed by atoms with Crippen LogP contribution in [0.1, 0.15) is 12.5 Å². The van der Waals surface area contributed by atoms with Gasteiger partial charge in [-0.25, -0.2) is 0 Å². The molecule has 0 atom stereocenters. The van der Waals surface area contributed by atoms with E-state index in [9.17, 15) is 0 Å². The third kappa shape index (κ3) is 2.69. The summed E-state index contributed by atoms with van der Waals surface area (Å²) in [4.78, 5) is 2.70. The molecule has 0 saturated heterocycles. The van der Waals surface area contributed by atoms with Crippen LogP contribution >= 0.6 is 0 Å². The molecule has 68 valence electrons. The van der Waals surface area contributed by atoms with Gasteiger partial charge < -0.3 is 4.74 Å². The molecular weight excluding hydrogens is 166 g/mol. The maximum absolute atomic E-state index is 8.17. The van der Waals surface area contributed by atoms with Crippen LogP contribution < -0.4 is 4.74 Å². The van der Waals surface area contributed by atoms with Gasteiger partial charge in [0.2, 0.25) is 0 Å². The van der Waals surface area contributed by atoms with Crippen molar-refractivity contribution in [2.24, 2.45) is 5.11 Å². The van der Waals surface area contributed by atoms with Crippen LogP contribution in [0.25, 0.3) is 10.4 Å². The van der Waals surface area contributed by atoms with E-state index in [1.54, 1.807) is 0 Å². The molecule has 1 aromatic carbocycles. The van der Waals surface area contributed by atoms with Crippen molar-refractivity contribution >= 4 is 0 Å². The summed E-state index contributed by atoms with van der Waals surface area (Å²) in [7, 11) is 0. The molecule has 0 saturated carbocycles. The lowest BCUT2D eigenvalue weighted by Crippen LogP contribution is -1.95. The molecule has 0 aliphatic carbocycles. The van der Waals surface area contributed by atoms with E-state index < -0.39 is 0 Å². The van der Waals surface area contributed by atoms with Gasteiger partial charge in [-0.2, -0.15) is 0 Å². The second kappa shape index (κ2) is 5.06. The minimum Gasteiger partial charge on any atom is -0.494 e. The molecule has 0 bridgehead atoms. The quantitative estimate of drug-likeness (QED) is 0.396. The molecule has 0 aromatic heterocycles. The Bertz CT molecular complexity index is 318. The van der Waals surface area contributed by atoms with Crippen LogP contribution in [-0.2, 0) is 6.54 Å². The summed E-state index contributed by atoms with van der Waals surface area (Å²) in [5, 5.41) is 3.49. The zero-order valence-electron chi connectivity index (χ0n) is 7.47. The van der Waals surface area contributed by atoms with Crippen molar-refractivity contribution in [3.05, 3.63) is 40.3 Å². The average Bonchev–Trinajstić information content (AvgIpc) is 2.17. The molecule has 0 spiro atoms. The van der Waals surface area contributed by atoms with E-state index in [-0.39, 0.29) is 0 Å². The topological polar surface area (TPSA) is 58.0 Å². The molecule has 0 unspecified atom stereocenters. The first kappa shape index (κ1) is 9.42. The van der Waals surface area contributed by atoms with Gasteiger partial charge in [0.1, 0.15) is 5.75 Å². The van der Waals surface area contributed by atoms with E-state index in [2.05, 4.69) is 10.0 Å². The van der Waals surface area contributed by atoms with E-state index in [4.69, 9.17) is 10.3 Å². The Labute approximate surface area is 76.8 Å². The molecule has 4 heteroatoms. The van der Waals surface area contributed by atoms with Crippen LogP contribution in [0.4, 0.5) is 0 Å². The highest BCUT2D eigenvalue weighted by atomic mass is 16.5. The van der Waals surface area contributed by atoms with Gasteiger partial charge in [0.15, 0.2) is 0 Å². The Kier molecular flexibility index (Phi) is 3.67. The standard InChI is InChI=1S/C9H11N3O/c1-2-13-9-6-4-3-5-8(9)7-11-12-10/h3-6H,2,7H2,1H3. The van der Waals surface area contributed by atoms with Crippen molar-refractivity contribution in [1.82, 2.24) is 0 Å². The number of azide groups is 1. The van der Waals surface area contributed by atoms with Crippen molar-refractivity contribution in [3.8, 4) is 5.75 Å². The zero-order chi connectivity index (χ0) is 9.52. The molecule has 0 aliphatic heterocycles. The lowest BCUT2D eigenvalue weighted by molar-refractivity contribution is 0.336. The number of hydrogen-bond donors (Lipinski definition) is 0. The smallest absolute Gasteiger partial charge is 0.122 e. The van der Waals surface area contributed by atoms with Crippen LogP contribution in [0.2, 0.25) is 0 Å². The first-order valence-electron chi connectivity index (χ1n) is 4.10. The number of nitrogens with zero attached hydrogens (tertiary/aromatic N) is 3. The predicted octanol–water partition coefficient (Wildman–Crippen LogP) is 2.90. The van der Waals surface area contributed by atoms with Crippen LogP contribution in [0.5, 0.6) is 5.75 Å². The van der Waals surface area contributed by atoms with Crippen LogP contribution in [0.15, 0.2) is 29.4 Å². The molecule has 0 amide bonds. The van der Waals surface area contributed by atoms with E-state index in [1.807, 2.05) is 31.2 Å². The maximum atomic E-state index is 8.17. The van der Waals surface area contributed by atoms with Crippen LogP contribution in [-0.4, -0.2) is 6.61 Å². The van der Waals surface area contributed by atoms with Gasteiger partial charge in [0, 0.05) is 4.91 Å². The van der Waals surface area contributed by atoms with Gasteiger partial charge in [-0.15, -0.1) is 0 Å². The molecule has 4 nitrogen and oxygen atoms in total. The molecule has 0 radical (unpaired) electrons. The van der Waals surface area contributed by atoms with Crippen molar-refractivity contribution in [1.29, 1.82) is 0 Å². The third-order valence-electron chi connectivity index (χ3n) is 1.58. The van der Waals surface area contributed by atoms with Gasteiger partial charge in [-0.1, -0.05) is 23.3 Å². The third-order valence-corrected chi connectivity index (χ3v) is 1.58. The SMILES string of the molecule is CCOc1ccccc1CN=[N+]=[N-]. The molecule has 0 heterocycles. The van der Waals surface area contributed by atoms with Crippen molar-refractivity contribution in [2.45, 2.75) is 13.5 Å². The van der Waals surface area contributed by atoms with Gasteiger partial charge in [0.05, 0.1) is 13.2 Å². The summed E-state index contributed by atoms with van der Waals surface area (Å²) < 4.78 is 5.35. The first-order valence-corrected chi connectivity index (χ1v) is 4.10. The summed E-state index contributed by atoms with van der Waals surface area (Å²) >= 11 is 0. The fourth-order valence-electron chi connectivity index (χ4n) is 1.04. The second-order valence-electron chi connectivity index (χ2n) is 2.43. The Morgan fingerprint density at radius 2 is 2.23 bits per heavy atom. The van der Waals surface area contributed by atoms with E-state index in [1.165, 1.54) is 0 Å². The minimum absolute atomic E-state index is 0.340. The van der Waals surface area contributed by atoms with Crippen LogP contribution in [0, 0.1) is 0 Å². The van der Waals surface area contributed by atoms with E-state index >= 15 is 0 Å². The molecule has 13 heavy (non-hydrogen) atoms. The lowest BCUT2D eigenvalue weighted by atomic mass is 10.2. The van der Waals surface area contributed by atoms with Crippen LogP contribution in [0.3, 0.4) is 0 Å². The summed E-state index contributed by atoms with van der Waals surface area (Å²) in [5.74, 6) is 0.789. The Balaban J connectivity index is 2.83. The highest BCUT2D eigenvalue weighted by Gasteiger charge is 1.99. The van der Waals surface area contributed by atoms with Crippen molar-refractivity contribution < 1.29 is 4.74 Å². The summed E-state index contributed by atoms with van der Waals surface area (Å²) in [5.41, 5.74) is 9.08. The number of ether oxygens (including phenoxy) is 1. The fourth-order valence-corrected chi connectivity index (χ4v) is 1.04. The summed E-state index contributed by atoms with van der Waals surface area (Å²) in [6.07, 6.45) is 0. The number of hydrogen-bond acceptors (Lipinski definition) is 2. The second-order valence-corrected chi connectivity index (χ2v) is 2.43. The monoisotopic (exact) mass is 177 g/mol. The van der Waals surface area contributed by atoms with Gasteiger partial charge >= 0.3 is 0 Å². The predicted molar refractivity (Wildman–Crippen MR) is 50.5 cm³/mol. The van der Waals surface area contributed by atoms with Crippen molar-refractivity contribution in [2.75, 3.05) is 6.61 Å². The zero-order valence-corrected chi connectivity index (χ0v) is 7.47. The normalized spacial score (nSPS) is 9.00. The largest absolute Gasteiger partial charge is 0.494 e. The molecule has 0 N–H and O–H groups in total. The molecule has 0 fully saturated rings. The van der Waals surface area contributed by atoms with E-state index in [0.717, 1.165) is 11.3 Å². The van der Waals surface area contributed by atoms with Gasteiger partial charge in [0.25, 0.3) is 0 Å².